The lowest BCUT2D eigenvalue weighted by atomic mass is 9.77. The van der Waals surface area contributed by atoms with Crippen LogP contribution < -0.4 is 10.6 Å². The minimum Gasteiger partial charge on any atom is -0.448 e. The van der Waals surface area contributed by atoms with E-state index in [1.165, 1.54) is 28.0 Å². The molecule has 1 fully saturated rings. The second-order valence-corrected chi connectivity index (χ2v) is 16.4. The summed E-state index contributed by atoms with van der Waals surface area (Å²) in [5, 5.41) is 12.5. The van der Waals surface area contributed by atoms with Gasteiger partial charge in [0, 0.05) is 11.1 Å². The van der Waals surface area contributed by atoms with Crippen molar-refractivity contribution in [3.8, 4) is 11.8 Å². The number of carbonyl (C=O) groups excluding carboxylic acids is 3. The van der Waals surface area contributed by atoms with Crippen LogP contribution in [0, 0.1) is 11.8 Å². The highest BCUT2D eigenvalue weighted by molar-refractivity contribution is 8.00. The van der Waals surface area contributed by atoms with Crippen molar-refractivity contribution in [3.05, 3.63) is 214 Å². The summed E-state index contributed by atoms with van der Waals surface area (Å²) in [4.78, 5) is 54.6. The van der Waals surface area contributed by atoms with Gasteiger partial charge in [-0.15, -0.1) is 29.0 Å². The Labute approximate surface area is 374 Å². The lowest BCUT2D eigenvalue weighted by Gasteiger charge is -2.49. The summed E-state index contributed by atoms with van der Waals surface area (Å²) in [5.74, 6) is 4.31. The summed E-state index contributed by atoms with van der Waals surface area (Å²) in [6.45, 7) is 3.68. The molecule has 314 valence electrons. The third-order valence-electron chi connectivity index (χ3n) is 10.6. The molecule has 0 radical (unpaired) electrons. The molecular formula is C51H43N5O5S2. The smallest absolute Gasteiger partial charge is 0.356 e. The summed E-state index contributed by atoms with van der Waals surface area (Å²) in [6.07, 6.45) is 2.65. The highest BCUT2D eigenvalue weighted by Gasteiger charge is 2.55. The normalized spacial score (nSPS) is 16.1. The van der Waals surface area contributed by atoms with E-state index in [2.05, 4.69) is 64.0 Å². The van der Waals surface area contributed by atoms with E-state index in [0.717, 1.165) is 27.8 Å². The highest BCUT2D eigenvalue weighted by Crippen LogP contribution is 2.43. The highest BCUT2D eigenvalue weighted by atomic mass is 32.2. The Morgan fingerprint density at radius 3 is 1.92 bits per heavy atom. The van der Waals surface area contributed by atoms with E-state index in [4.69, 9.17) is 14.6 Å². The maximum absolute atomic E-state index is 14.4. The largest absolute Gasteiger partial charge is 0.448 e. The van der Waals surface area contributed by atoms with Gasteiger partial charge in [0.25, 0.3) is 11.8 Å². The summed E-state index contributed by atoms with van der Waals surface area (Å²) in [7, 11) is 0. The number of carbonyl (C=O) groups is 3. The minimum atomic E-state index is -0.977. The fraction of sp³-hybridized carbons (Fsp3) is 0.157. The number of aromatic nitrogens is 1. The van der Waals surface area contributed by atoms with Crippen LogP contribution in [0.1, 0.15) is 53.5 Å². The van der Waals surface area contributed by atoms with Gasteiger partial charge in [-0.25, -0.2) is 9.78 Å². The summed E-state index contributed by atoms with van der Waals surface area (Å²) >= 11 is 2.74. The van der Waals surface area contributed by atoms with Gasteiger partial charge in [-0.2, -0.15) is 0 Å². The first kappa shape index (κ1) is 42.5. The molecule has 0 spiro atoms. The van der Waals surface area contributed by atoms with E-state index < -0.39 is 40.8 Å². The molecular weight excluding hydrogens is 827 g/mol. The number of hydrogen-bond donors (Lipinski definition) is 2. The topological polar surface area (TPSA) is 122 Å². The van der Waals surface area contributed by atoms with E-state index in [-0.39, 0.29) is 23.7 Å². The molecule has 2 N–H and O–H groups in total. The molecule has 8 rings (SSSR count). The molecule has 0 saturated carbocycles. The summed E-state index contributed by atoms with van der Waals surface area (Å²) in [6, 6.07) is 48.3. The number of β-lactam (4-membered cyclic amide) rings is 1. The minimum absolute atomic E-state index is 0.0940. The number of amides is 2. The van der Waals surface area contributed by atoms with Crippen LogP contribution in [0.2, 0.25) is 0 Å². The Hall–Kier alpha value is -7.20. The lowest BCUT2D eigenvalue weighted by Crippen LogP contribution is -2.71. The van der Waals surface area contributed by atoms with E-state index in [1.807, 2.05) is 115 Å². The number of anilines is 1. The number of fused-ring (bicyclic) bond motifs is 1. The number of allylic oxidation sites excluding steroid dienone is 2. The van der Waals surface area contributed by atoms with Crippen molar-refractivity contribution >= 4 is 51.7 Å². The van der Waals surface area contributed by atoms with E-state index in [0.29, 0.717) is 16.5 Å². The number of ether oxygens (including phenoxy) is 1. The van der Waals surface area contributed by atoms with Crippen molar-refractivity contribution in [1.82, 2.24) is 15.2 Å². The zero-order valence-electron chi connectivity index (χ0n) is 34.5. The molecule has 1 saturated heterocycles. The van der Waals surface area contributed by atoms with Crippen LogP contribution in [-0.2, 0) is 29.5 Å². The van der Waals surface area contributed by atoms with Crippen LogP contribution >= 0.6 is 23.1 Å². The monoisotopic (exact) mass is 869 g/mol. The standard InChI is InChI=1S/C51H43N5O5S2/c1-3-5-11-26-37-33-62-48-43(47(58)56(48)44(37)49(59)61-45(35-22-12-6-13-23-35)36-24-14-7-15-25-36)53-46(57)42(55-60-4-2)41-34-63-50(52-41)54-51(38-27-16-8-17-28-38,39-29-18-9-19-30-39)40-31-20-10-21-32-40/h6-32,34,43,45,48H,4,33H2,1-2H3,(H,52,54)(H,53,57)/b26-11+,55-42-/t43-,48-/m1/s1. The van der Waals surface area contributed by atoms with Gasteiger partial charge >= 0.3 is 5.97 Å². The third-order valence-corrected chi connectivity index (χ3v) is 12.6. The van der Waals surface area contributed by atoms with E-state index in [9.17, 15) is 14.4 Å². The van der Waals surface area contributed by atoms with Crippen molar-refractivity contribution in [1.29, 1.82) is 0 Å². The van der Waals surface area contributed by atoms with Crippen molar-refractivity contribution in [3.63, 3.8) is 0 Å². The van der Waals surface area contributed by atoms with Crippen LogP contribution in [0.4, 0.5) is 5.13 Å². The molecule has 0 aliphatic carbocycles. The van der Waals surface area contributed by atoms with Crippen molar-refractivity contribution in [2.24, 2.45) is 5.16 Å². The maximum Gasteiger partial charge on any atom is 0.356 e. The number of nitrogens with one attached hydrogen (secondary N) is 2. The van der Waals surface area contributed by atoms with Crippen molar-refractivity contribution in [2.45, 2.75) is 36.9 Å². The SMILES string of the molecule is CC#C/C=C/C1=C(C(=O)OC(c2ccccc2)c2ccccc2)N2C(=O)[C@@H](NC(=O)/C(=N\OCC)c3csc(NC(c4ccccc4)(c4ccccc4)c4ccccc4)n3)[C@H]2SC1. The number of nitrogens with zero attached hydrogens (tertiary/aromatic N) is 3. The third kappa shape index (κ3) is 8.93. The fourth-order valence-electron chi connectivity index (χ4n) is 7.66. The van der Waals surface area contributed by atoms with Crippen LogP contribution in [-0.4, -0.2) is 57.2 Å². The molecule has 2 aliphatic rings. The second kappa shape index (κ2) is 19.7. The fourth-order valence-corrected chi connectivity index (χ4v) is 9.73. The summed E-state index contributed by atoms with van der Waals surface area (Å²) < 4.78 is 6.27. The van der Waals surface area contributed by atoms with Gasteiger partial charge in [0.2, 0.25) is 0 Å². The van der Waals surface area contributed by atoms with Crippen LogP contribution in [0.5, 0.6) is 0 Å². The number of hydrogen-bond acceptors (Lipinski definition) is 10. The first-order valence-corrected chi connectivity index (χ1v) is 22.3. The quantitative estimate of drug-likeness (QED) is 0.0262. The zero-order valence-corrected chi connectivity index (χ0v) is 36.1. The Bertz CT molecular complexity index is 2580. The molecule has 12 heteroatoms. The average molecular weight is 870 g/mol. The average Bonchev–Trinajstić information content (AvgIpc) is 3.80. The number of benzene rings is 5. The molecule has 0 bridgehead atoms. The van der Waals surface area contributed by atoms with Gasteiger partial charge in [-0.1, -0.05) is 163 Å². The number of oxime groups is 1. The first-order valence-electron chi connectivity index (χ1n) is 20.4. The Kier molecular flexibility index (Phi) is 13.3. The molecule has 1 aromatic heterocycles. The molecule has 63 heavy (non-hydrogen) atoms. The molecule has 0 unspecified atom stereocenters. The molecule has 5 aromatic carbocycles. The Morgan fingerprint density at radius 2 is 1.40 bits per heavy atom. The number of thiazole rings is 1. The van der Waals surface area contributed by atoms with Gasteiger partial charge in [0.05, 0.1) is 0 Å². The molecule has 2 amide bonds. The van der Waals surface area contributed by atoms with Crippen LogP contribution in [0.15, 0.2) is 186 Å². The number of thioether (sulfide) groups is 1. The Morgan fingerprint density at radius 1 is 0.857 bits per heavy atom. The molecule has 6 aromatic rings. The number of esters is 1. The van der Waals surface area contributed by atoms with Gasteiger partial charge in [-0.05, 0) is 59.4 Å². The molecule has 2 atom stereocenters. The summed E-state index contributed by atoms with van der Waals surface area (Å²) in [5.41, 5.74) is 4.53. The van der Waals surface area contributed by atoms with E-state index >= 15 is 0 Å². The molecule has 10 nitrogen and oxygen atoms in total. The maximum atomic E-state index is 14.4. The molecule has 3 heterocycles. The molecule has 2 aliphatic heterocycles. The second-order valence-electron chi connectivity index (χ2n) is 14.4. The van der Waals surface area contributed by atoms with Gasteiger partial charge in [0.1, 0.15) is 35.0 Å². The lowest BCUT2D eigenvalue weighted by molar-refractivity contribution is -0.154. The van der Waals surface area contributed by atoms with Gasteiger partial charge < -0.3 is 20.2 Å². The van der Waals surface area contributed by atoms with Gasteiger partial charge in [-0.3, -0.25) is 14.5 Å². The predicted molar refractivity (Wildman–Crippen MR) is 249 cm³/mol. The first-order chi connectivity index (χ1) is 30.9. The van der Waals surface area contributed by atoms with Crippen LogP contribution in [0.3, 0.4) is 0 Å². The number of rotatable bonds is 15. The van der Waals surface area contributed by atoms with Crippen LogP contribution in [0.25, 0.3) is 0 Å². The van der Waals surface area contributed by atoms with Gasteiger partial charge in [0.15, 0.2) is 16.9 Å². The van der Waals surface area contributed by atoms with E-state index in [1.54, 1.807) is 31.4 Å². The zero-order chi connectivity index (χ0) is 43.6. The Balaban J connectivity index is 1.07. The van der Waals surface area contributed by atoms with Crippen molar-refractivity contribution in [2.75, 3.05) is 17.7 Å². The predicted octanol–water partition coefficient (Wildman–Crippen LogP) is 8.85. The van der Waals surface area contributed by atoms with Crippen molar-refractivity contribution < 1.29 is 24.0 Å².